The molecule has 0 heterocycles. The summed E-state index contributed by atoms with van der Waals surface area (Å²) >= 11 is 0. The Bertz CT molecular complexity index is 357. The van der Waals surface area contributed by atoms with Gasteiger partial charge in [-0.15, -0.1) is 0 Å². The molecule has 0 bridgehead atoms. The number of hydrogen-bond acceptors (Lipinski definition) is 6. The van der Waals surface area contributed by atoms with Crippen molar-refractivity contribution in [1.82, 2.24) is 5.32 Å². The van der Waals surface area contributed by atoms with Crippen LogP contribution in [0.15, 0.2) is 0 Å². The van der Waals surface area contributed by atoms with Gasteiger partial charge in [0.05, 0.1) is 6.61 Å². The van der Waals surface area contributed by atoms with E-state index in [1.807, 2.05) is 5.32 Å². The van der Waals surface area contributed by atoms with Crippen LogP contribution < -0.4 is 11.1 Å². The largest absolute Gasteiger partial charge is 0.461 e. The van der Waals surface area contributed by atoms with Gasteiger partial charge in [0.2, 0.25) is 0 Å². The molecule has 0 fully saturated rings. The van der Waals surface area contributed by atoms with Crippen molar-refractivity contribution in [2.24, 2.45) is 5.73 Å². The van der Waals surface area contributed by atoms with E-state index < -0.39 is 35.9 Å². The molecule has 118 valence electrons. The van der Waals surface area contributed by atoms with Crippen LogP contribution >= 0.6 is 0 Å². The fourth-order valence-electron chi connectivity index (χ4n) is 1.10. The number of alkyl carbamates (subject to hydrolysis) is 1. The summed E-state index contributed by atoms with van der Waals surface area (Å²) in [7, 11) is 0. The fraction of sp³-hybridized carbons (Fsp3) is 0.818. The van der Waals surface area contributed by atoms with Gasteiger partial charge in [-0.25, -0.2) is 9.59 Å². The van der Waals surface area contributed by atoms with Crippen molar-refractivity contribution < 1.29 is 33.0 Å². The molecule has 0 aromatic heterocycles. The monoisotopic (exact) mass is 298 g/mol. The lowest BCUT2D eigenvalue weighted by atomic mass is 10.1. The Balaban J connectivity index is 4.65. The summed E-state index contributed by atoms with van der Waals surface area (Å²) < 4.78 is 35.8. The second kappa shape index (κ2) is 6.80. The van der Waals surface area contributed by atoms with Crippen LogP contribution in [0.2, 0.25) is 0 Å². The van der Waals surface area contributed by atoms with Crippen LogP contribution in [0.3, 0.4) is 0 Å². The molecule has 0 saturated carbocycles. The van der Waals surface area contributed by atoms with Gasteiger partial charge < -0.3 is 25.6 Å². The SMILES string of the molecule is CCOC(=O)C(F)(F)C(O)[C@H](N)NC(=O)OC(C)(C)C. The molecule has 0 radical (unpaired) electrons. The molecule has 1 unspecified atom stereocenters. The summed E-state index contributed by atoms with van der Waals surface area (Å²) in [5, 5.41) is 11.2. The molecule has 0 spiro atoms. The topological polar surface area (TPSA) is 111 Å². The third-order valence-corrected chi connectivity index (χ3v) is 1.94. The van der Waals surface area contributed by atoms with Crippen LogP contribution in [0.5, 0.6) is 0 Å². The lowest BCUT2D eigenvalue weighted by Gasteiger charge is -2.27. The average Bonchev–Trinajstić information content (AvgIpc) is 2.25. The van der Waals surface area contributed by atoms with Gasteiger partial charge >= 0.3 is 18.0 Å². The number of nitrogens with two attached hydrogens (primary N) is 1. The summed E-state index contributed by atoms with van der Waals surface area (Å²) in [4.78, 5) is 22.3. The third kappa shape index (κ3) is 5.66. The number of amides is 1. The molecule has 2 atom stereocenters. The first-order valence-corrected chi connectivity index (χ1v) is 5.90. The van der Waals surface area contributed by atoms with E-state index in [1.165, 1.54) is 6.92 Å². The standard InChI is InChI=1S/C11H20F2N2O5/c1-5-19-8(17)11(12,13)6(16)7(14)15-9(18)20-10(2,3)4/h6-7,16H,5,14H2,1-4H3,(H,15,18)/t6?,7-/m1/s1. The molecular formula is C11H20F2N2O5. The Morgan fingerprint density at radius 1 is 1.35 bits per heavy atom. The molecule has 0 aromatic rings. The van der Waals surface area contributed by atoms with E-state index in [0.29, 0.717) is 0 Å². The number of rotatable bonds is 5. The van der Waals surface area contributed by atoms with Gasteiger partial charge in [-0.05, 0) is 27.7 Å². The minimum atomic E-state index is -4.25. The van der Waals surface area contributed by atoms with Crippen molar-refractivity contribution in [1.29, 1.82) is 0 Å². The normalized spacial score (nSPS) is 15.2. The van der Waals surface area contributed by atoms with Crippen LogP contribution in [-0.4, -0.2) is 47.6 Å². The Morgan fingerprint density at radius 3 is 2.25 bits per heavy atom. The maximum Gasteiger partial charge on any atom is 0.408 e. The molecule has 0 saturated heterocycles. The Morgan fingerprint density at radius 2 is 1.85 bits per heavy atom. The molecular weight excluding hydrogens is 278 g/mol. The van der Waals surface area contributed by atoms with Gasteiger partial charge in [0.25, 0.3) is 0 Å². The number of ether oxygens (including phenoxy) is 2. The summed E-state index contributed by atoms with van der Waals surface area (Å²) in [5.41, 5.74) is 4.34. The smallest absolute Gasteiger partial charge is 0.408 e. The first-order valence-electron chi connectivity index (χ1n) is 5.90. The maximum absolute atomic E-state index is 13.4. The minimum Gasteiger partial charge on any atom is -0.461 e. The lowest BCUT2D eigenvalue weighted by Crippen LogP contribution is -2.59. The maximum atomic E-state index is 13.4. The fourth-order valence-corrected chi connectivity index (χ4v) is 1.10. The van der Waals surface area contributed by atoms with Crippen LogP contribution in [0.25, 0.3) is 0 Å². The Hall–Kier alpha value is -1.48. The Kier molecular flexibility index (Phi) is 6.30. The van der Waals surface area contributed by atoms with Crippen molar-refractivity contribution in [2.75, 3.05) is 6.61 Å². The molecule has 4 N–H and O–H groups in total. The molecule has 0 aromatic carbocycles. The summed E-state index contributed by atoms with van der Waals surface area (Å²) in [6.45, 7) is 5.72. The molecule has 0 aliphatic carbocycles. The second-order valence-corrected chi connectivity index (χ2v) is 4.96. The van der Waals surface area contributed by atoms with Crippen molar-refractivity contribution in [2.45, 2.75) is 51.5 Å². The van der Waals surface area contributed by atoms with E-state index in [1.54, 1.807) is 20.8 Å². The van der Waals surface area contributed by atoms with Crippen molar-refractivity contribution in [3.05, 3.63) is 0 Å². The molecule has 0 rings (SSSR count). The zero-order valence-corrected chi connectivity index (χ0v) is 11.8. The first kappa shape index (κ1) is 18.5. The third-order valence-electron chi connectivity index (χ3n) is 1.94. The van der Waals surface area contributed by atoms with Crippen molar-refractivity contribution in [3.63, 3.8) is 0 Å². The zero-order valence-electron chi connectivity index (χ0n) is 11.8. The number of hydrogen-bond donors (Lipinski definition) is 3. The molecule has 1 amide bonds. The van der Waals surface area contributed by atoms with Gasteiger partial charge in [0.1, 0.15) is 11.8 Å². The molecule has 20 heavy (non-hydrogen) atoms. The van der Waals surface area contributed by atoms with Gasteiger partial charge in [-0.2, -0.15) is 8.78 Å². The van der Waals surface area contributed by atoms with Crippen molar-refractivity contribution >= 4 is 12.1 Å². The quantitative estimate of drug-likeness (QED) is 0.499. The van der Waals surface area contributed by atoms with E-state index in [0.717, 1.165) is 0 Å². The van der Waals surface area contributed by atoms with Crippen LogP contribution in [-0.2, 0) is 14.3 Å². The van der Waals surface area contributed by atoms with E-state index >= 15 is 0 Å². The Labute approximate surface area is 115 Å². The van der Waals surface area contributed by atoms with Gasteiger partial charge in [0.15, 0.2) is 6.10 Å². The second-order valence-electron chi connectivity index (χ2n) is 4.96. The van der Waals surface area contributed by atoms with Crippen molar-refractivity contribution in [3.8, 4) is 0 Å². The number of carbonyl (C=O) groups is 2. The highest BCUT2D eigenvalue weighted by Crippen LogP contribution is 2.22. The number of aliphatic hydroxyl groups is 1. The first-order chi connectivity index (χ1) is 8.91. The number of halogens is 2. The average molecular weight is 298 g/mol. The van der Waals surface area contributed by atoms with E-state index in [-0.39, 0.29) is 6.61 Å². The zero-order chi connectivity index (χ0) is 16.1. The van der Waals surface area contributed by atoms with Crippen LogP contribution in [0, 0.1) is 0 Å². The number of alkyl halides is 2. The highest BCUT2D eigenvalue weighted by Gasteiger charge is 2.51. The summed E-state index contributed by atoms with van der Waals surface area (Å²) in [6, 6.07) is 0. The summed E-state index contributed by atoms with van der Waals surface area (Å²) in [6.07, 6.45) is -5.64. The number of aliphatic hydroxyl groups excluding tert-OH is 1. The number of nitrogens with one attached hydrogen (secondary N) is 1. The minimum absolute atomic E-state index is 0.282. The van der Waals surface area contributed by atoms with E-state index in [9.17, 15) is 23.5 Å². The van der Waals surface area contributed by atoms with E-state index in [2.05, 4.69) is 4.74 Å². The van der Waals surface area contributed by atoms with E-state index in [4.69, 9.17) is 10.5 Å². The molecule has 0 aliphatic rings. The predicted molar refractivity (Wildman–Crippen MR) is 64.9 cm³/mol. The van der Waals surface area contributed by atoms with Crippen LogP contribution in [0.4, 0.5) is 13.6 Å². The number of esters is 1. The summed E-state index contributed by atoms with van der Waals surface area (Å²) in [5.74, 6) is -6.17. The van der Waals surface area contributed by atoms with Gasteiger partial charge in [-0.1, -0.05) is 0 Å². The molecule has 9 heteroatoms. The predicted octanol–water partition coefficient (Wildman–Crippen LogP) is 0.355. The van der Waals surface area contributed by atoms with Gasteiger partial charge in [0, 0.05) is 0 Å². The highest BCUT2D eigenvalue weighted by molar-refractivity contribution is 5.78. The van der Waals surface area contributed by atoms with Crippen LogP contribution in [0.1, 0.15) is 27.7 Å². The lowest BCUT2D eigenvalue weighted by molar-refractivity contribution is -0.190. The molecule has 7 nitrogen and oxygen atoms in total. The van der Waals surface area contributed by atoms with Gasteiger partial charge in [-0.3, -0.25) is 0 Å². The number of carbonyl (C=O) groups excluding carboxylic acids is 2. The highest BCUT2D eigenvalue weighted by atomic mass is 19.3. The molecule has 0 aliphatic heterocycles.